The lowest BCUT2D eigenvalue weighted by molar-refractivity contribution is -0.161. The number of unbranched alkanes of at least 4 members (excludes halogenated alkanes) is 45. The quantitative estimate of drug-likeness (QED) is 0.0222. The molecule has 0 saturated carbocycles. The Kier molecular flexibility index (Phi) is 66.5. The van der Waals surface area contributed by atoms with Crippen LogP contribution < -0.4 is 0 Å². The minimum absolute atomic E-state index is 0.106. The van der Waals surface area contributed by atoms with Crippen molar-refractivity contribution in [3.8, 4) is 0 Å². The molecule has 0 bridgehead atoms. The van der Waals surface area contributed by atoms with Crippen LogP contribution in [0.1, 0.15) is 395 Å². The van der Waals surface area contributed by atoms with Gasteiger partial charge in [0.1, 0.15) is 19.3 Å². The fourth-order valence-corrected chi connectivity index (χ4v) is 13.2. The molecule has 0 aromatic rings. The van der Waals surface area contributed by atoms with Crippen LogP contribution in [-0.4, -0.2) is 96.7 Å². The molecule has 0 aliphatic carbocycles. The van der Waals surface area contributed by atoms with Gasteiger partial charge in [-0.15, -0.1) is 0 Å². The molecule has 0 radical (unpaired) electrons. The molecule has 5 atom stereocenters. The van der Waals surface area contributed by atoms with Gasteiger partial charge in [0.15, 0.2) is 12.2 Å². The molecule has 0 aromatic heterocycles. The van der Waals surface area contributed by atoms with E-state index in [1.807, 2.05) is 0 Å². The molecule has 19 heteroatoms. The Morgan fingerprint density at radius 1 is 0.284 bits per heavy atom. The second-order valence-electron chi connectivity index (χ2n) is 28.3. The summed E-state index contributed by atoms with van der Waals surface area (Å²) in [6.45, 7) is 9.57. The molecule has 0 fully saturated rings. The highest BCUT2D eigenvalue weighted by molar-refractivity contribution is 7.47. The summed E-state index contributed by atoms with van der Waals surface area (Å²) in [5, 5.41) is 10.6. The molecule has 3 N–H and O–H groups in total. The van der Waals surface area contributed by atoms with Gasteiger partial charge >= 0.3 is 39.5 Å². The summed E-state index contributed by atoms with van der Waals surface area (Å²) >= 11 is 0. The standard InChI is InChI=1S/C76H148O17P2/c1-7-9-11-13-15-17-19-20-21-24-27-31-34-40-46-52-58-73(78)86-64-71(92-76(81)61-55-49-42-36-32-28-25-22-23-26-30-33-38-44-50-56-68(3)4)66-90-94(82,83)88-62-70(77)63-89-95(84,85)91-67-72(65-87-74(79)59-53-47-43-37-39-45-51-57-69(5)6)93-75(80)60-54-48-41-35-29-18-16-14-12-10-8-2/h68-72,77H,7-67H2,1-6H3,(H,82,83)(H,84,85)/t70-,71-,72-/m1/s1. The van der Waals surface area contributed by atoms with E-state index < -0.39 is 97.5 Å². The molecule has 0 aliphatic heterocycles. The van der Waals surface area contributed by atoms with Crippen molar-refractivity contribution < 1.29 is 80.2 Å². The summed E-state index contributed by atoms with van der Waals surface area (Å²) < 4.78 is 68.5. The second kappa shape index (κ2) is 67.9. The lowest BCUT2D eigenvalue weighted by Crippen LogP contribution is -2.30. The number of aliphatic hydroxyl groups excluding tert-OH is 1. The fourth-order valence-electron chi connectivity index (χ4n) is 11.7. The monoisotopic (exact) mass is 1400 g/mol. The highest BCUT2D eigenvalue weighted by Crippen LogP contribution is 2.45. The number of rotatable bonds is 75. The molecule has 0 aliphatic rings. The van der Waals surface area contributed by atoms with E-state index in [0.29, 0.717) is 31.6 Å². The van der Waals surface area contributed by atoms with E-state index in [1.165, 1.54) is 205 Å². The third-order valence-electron chi connectivity index (χ3n) is 17.7. The fraction of sp³-hybridized carbons (Fsp3) is 0.947. The number of carbonyl (C=O) groups excluding carboxylic acids is 4. The molecule has 0 saturated heterocycles. The van der Waals surface area contributed by atoms with Crippen LogP contribution >= 0.6 is 15.6 Å². The van der Waals surface area contributed by atoms with Gasteiger partial charge in [0.2, 0.25) is 0 Å². The van der Waals surface area contributed by atoms with Gasteiger partial charge in [-0.25, -0.2) is 9.13 Å². The van der Waals surface area contributed by atoms with E-state index in [2.05, 4.69) is 41.5 Å². The molecule has 0 heterocycles. The smallest absolute Gasteiger partial charge is 0.462 e. The van der Waals surface area contributed by atoms with Gasteiger partial charge in [0.05, 0.1) is 26.4 Å². The zero-order valence-corrected chi connectivity index (χ0v) is 63.8. The Morgan fingerprint density at radius 2 is 0.484 bits per heavy atom. The average molecular weight is 1400 g/mol. The summed E-state index contributed by atoms with van der Waals surface area (Å²) in [4.78, 5) is 72.8. The van der Waals surface area contributed by atoms with E-state index in [0.717, 1.165) is 102 Å². The molecule has 2 unspecified atom stereocenters. The molecule has 0 aromatic carbocycles. The van der Waals surface area contributed by atoms with Crippen molar-refractivity contribution in [2.45, 2.75) is 413 Å². The second-order valence-corrected chi connectivity index (χ2v) is 31.3. The number of phosphoric acid groups is 2. The average Bonchev–Trinajstić information content (AvgIpc) is 1.61. The lowest BCUT2D eigenvalue weighted by atomic mass is 10.0. The van der Waals surface area contributed by atoms with Crippen LogP contribution in [0.2, 0.25) is 0 Å². The maximum atomic E-state index is 13.1. The van der Waals surface area contributed by atoms with Gasteiger partial charge in [-0.1, -0.05) is 343 Å². The number of esters is 4. The largest absolute Gasteiger partial charge is 0.472 e. The van der Waals surface area contributed by atoms with E-state index in [4.69, 9.17) is 37.0 Å². The summed E-state index contributed by atoms with van der Waals surface area (Å²) in [6.07, 6.45) is 55.5. The van der Waals surface area contributed by atoms with Gasteiger partial charge in [-0.3, -0.25) is 37.3 Å². The number of hydrogen-bond acceptors (Lipinski definition) is 15. The van der Waals surface area contributed by atoms with E-state index in [-0.39, 0.29) is 25.7 Å². The van der Waals surface area contributed by atoms with Gasteiger partial charge in [-0.05, 0) is 37.5 Å². The maximum absolute atomic E-state index is 13.1. The highest BCUT2D eigenvalue weighted by atomic mass is 31.2. The van der Waals surface area contributed by atoms with Gasteiger partial charge in [0.25, 0.3) is 0 Å². The predicted octanol–water partition coefficient (Wildman–Crippen LogP) is 22.3. The minimum Gasteiger partial charge on any atom is -0.462 e. The molecule has 95 heavy (non-hydrogen) atoms. The zero-order valence-electron chi connectivity index (χ0n) is 62.0. The molecule has 0 amide bonds. The van der Waals surface area contributed by atoms with Crippen LogP contribution in [0.3, 0.4) is 0 Å². The summed E-state index contributed by atoms with van der Waals surface area (Å²) in [7, 11) is -9.91. The maximum Gasteiger partial charge on any atom is 0.472 e. The Labute approximate surface area is 581 Å². The van der Waals surface area contributed by atoms with Crippen LogP contribution in [-0.2, 0) is 65.4 Å². The van der Waals surface area contributed by atoms with Crippen LogP contribution in [0, 0.1) is 11.8 Å². The first-order valence-corrected chi connectivity index (χ1v) is 42.5. The van der Waals surface area contributed by atoms with Crippen LogP contribution in [0.25, 0.3) is 0 Å². The molecule has 564 valence electrons. The van der Waals surface area contributed by atoms with Crippen molar-refractivity contribution in [2.24, 2.45) is 11.8 Å². The number of aliphatic hydroxyl groups is 1. The Hall–Kier alpha value is -1.94. The summed E-state index contributed by atoms with van der Waals surface area (Å²) in [6, 6.07) is 0. The van der Waals surface area contributed by atoms with Crippen molar-refractivity contribution in [3.63, 3.8) is 0 Å². The third kappa shape index (κ3) is 70.3. The van der Waals surface area contributed by atoms with Crippen molar-refractivity contribution >= 4 is 39.5 Å². The van der Waals surface area contributed by atoms with Gasteiger partial charge in [0, 0.05) is 25.7 Å². The third-order valence-corrected chi connectivity index (χ3v) is 19.6. The Morgan fingerprint density at radius 3 is 0.716 bits per heavy atom. The molecular weight excluding hydrogens is 1250 g/mol. The van der Waals surface area contributed by atoms with Crippen molar-refractivity contribution in [1.82, 2.24) is 0 Å². The topological polar surface area (TPSA) is 237 Å². The van der Waals surface area contributed by atoms with Crippen molar-refractivity contribution in [1.29, 1.82) is 0 Å². The molecule has 17 nitrogen and oxygen atoms in total. The van der Waals surface area contributed by atoms with Gasteiger partial charge < -0.3 is 33.8 Å². The normalized spacial score (nSPS) is 14.0. The highest BCUT2D eigenvalue weighted by Gasteiger charge is 2.30. The SMILES string of the molecule is CCCCCCCCCCCCCCCCCCC(=O)OC[C@H](COP(=O)(O)OC[C@@H](O)COP(=O)(O)OC[C@@H](COC(=O)CCCCCCCCCC(C)C)OC(=O)CCCCCCCCCCCCC)OC(=O)CCCCCCCCCCCCCCCCCC(C)C. The first-order chi connectivity index (χ1) is 45.9. The first kappa shape index (κ1) is 93.1. The Balaban J connectivity index is 5.23. The number of phosphoric ester groups is 2. The zero-order chi connectivity index (χ0) is 70.0. The number of ether oxygens (including phenoxy) is 4. The molecular formula is C76H148O17P2. The van der Waals surface area contributed by atoms with E-state index >= 15 is 0 Å². The van der Waals surface area contributed by atoms with E-state index in [9.17, 15) is 43.2 Å². The van der Waals surface area contributed by atoms with Crippen LogP contribution in [0.5, 0.6) is 0 Å². The number of carbonyl (C=O) groups is 4. The summed E-state index contributed by atoms with van der Waals surface area (Å²) in [5.74, 6) is -0.607. The van der Waals surface area contributed by atoms with Crippen LogP contribution in [0.4, 0.5) is 0 Å². The summed E-state index contributed by atoms with van der Waals surface area (Å²) in [5.41, 5.74) is 0. The van der Waals surface area contributed by atoms with E-state index in [1.54, 1.807) is 0 Å². The van der Waals surface area contributed by atoms with Crippen molar-refractivity contribution in [2.75, 3.05) is 39.6 Å². The molecule has 0 rings (SSSR count). The first-order valence-electron chi connectivity index (χ1n) is 39.5. The minimum atomic E-state index is -4.96. The lowest BCUT2D eigenvalue weighted by Gasteiger charge is -2.21. The predicted molar refractivity (Wildman–Crippen MR) is 386 cm³/mol. The van der Waals surface area contributed by atoms with Crippen molar-refractivity contribution in [3.05, 3.63) is 0 Å². The number of hydrogen-bond donors (Lipinski definition) is 3. The molecule has 0 spiro atoms. The van der Waals surface area contributed by atoms with Crippen LogP contribution in [0.15, 0.2) is 0 Å². The van der Waals surface area contributed by atoms with Gasteiger partial charge in [-0.2, -0.15) is 0 Å². The Bertz CT molecular complexity index is 1840.